The lowest BCUT2D eigenvalue weighted by atomic mass is 10.1. The predicted octanol–water partition coefficient (Wildman–Crippen LogP) is 3.65. The number of benzene rings is 2. The zero-order chi connectivity index (χ0) is 18.7. The monoisotopic (exact) mass is 416 g/mol. The molecule has 7 heteroatoms. The predicted molar refractivity (Wildman–Crippen MR) is 101 cm³/mol. The maximum atomic E-state index is 12.1. The van der Waals surface area contributed by atoms with E-state index in [-0.39, 0.29) is 12.4 Å². The van der Waals surface area contributed by atoms with Gasteiger partial charge in [-0.15, -0.1) is 0 Å². The Kier molecular flexibility index (Phi) is 5.27. The first kappa shape index (κ1) is 18.0. The highest BCUT2D eigenvalue weighted by Crippen LogP contribution is 2.26. The van der Waals surface area contributed by atoms with Crippen LogP contribution in [0.25, 0.3) is 11.0 Å². The summed E-state index contributed by atoms with van der Waals surface area (Å²) in [6.07, 6.45) is 0. The number of rotatable bonds is 4. The Morgan fingerprint density at radius 3 is 2.62 bits per heavy atom. The van der Waals surface area contributed by atoms with Gasteiger partial charge in [0.1, 0.15) is 11.3 Å². The number of furan rings is 1. The molecular formula is C19H17BrN2O4. The zero-order valence-electron chi connectivity index (χ0n) is 14.3. The third kappa shape index (κ3) is 4.05. The van der Waals surface area contributed by atoms with Gasteiger partial charge in [0.2, 0.25) is 0 Å². The molecule has 1 heterocycles. The molecule has 0 fully saturated rings. The Morgan fingerprint density at radius 2 is 1.88 bits per heavy atom. The van der Waals surface area contributed by atoms with Crippen molar-refractivity contribution >= 4 is 38.7 Å². The van der Waals surface area contributed by atoms with E-state index in [2.05, 4.69) is 26.8 Å². The quantitative estimate of drug-likeness (QED) is 0.636. The second-order valence-electron chi connectivity index (χ2n) is 5.81. The highest BCUT2D eigenvalue weighted by molar-refractivity contribution is 9.10. The molecule has 26 heavy (non-hydrogen) atoms. The first-order valence-corrected chi connectivity index (χ1v) is 8.70. The molecule has 3 aromatic rings. The fourth-order valence-electron chi connectivity index (χ4n) is 2.32. The van der Waals surface area contributed by atoms with E-state index in [0.717, 1.165) is 21.0 Å². The molecule has 2 N–H and O–H groups in total. The van der Waals surface area contributed by atoms with Gasteiger partial charge in [0.15, 0.2) is 12.4 Å². The van der Waals surface area contributed by atoms with Crippen LogP contribution >= 0.6 is 15.9 Å². The summed E-state index contributed by atoms with van der Waals surface area (Å²) < 4.78 is 11.7. The molecule has 3 rings (SSSR count). The van der Waals surface area contributed by atoms with Crippen LogP contribution in [0.5, 0.6) is 5.75 Å². The highest BCUT2D eigenvalue weighted by Gasteiger charge is 2.14. The van der Waals surface area contributed by atoms with E-state index in [1.54, 1.807) is 12.1 Å². The van der Waals surface area contributed by atoms with Crippen LogP contribution in [0.4, 0.5) is 0 Å². The van der Waals surface area contributed by atoms with Gasteiger partial charge in [0.05, 0.1) is 4.47 Å². The van der Waals surface area contributed by atoms with E-state index < -0.39 is 11.8 Å². The van der Waals surface area contributed by atoms with Crippen molar-refractivity contribution < 1.29 is 18.7 Å². The molecule has 0 aliphatic heterocycles. The summed E-state index contributed by atoms with van der Waals surface area (Å²) in [5, 5.41) is 0.786. The summed E-state index contributed by atoms with van der Waals surface area (Å²) in [5.41, 5.74) is 7.40. The van der Waals surface area contributed by atoms with Crippen LogP contribution in [-0.4, -0.2) is 18.4 Å². The van der Waals surface area contributed by atoms with Crippen molar-refractivity contribution in [1.29, 1.82) is 0 Å². The molecule has 1 aromatic heterocycles. The van der Waals surface area contributed by atoms with E-state index in [1.165, 1.54) is 0 Å². The lowest BCUT2D eigenvalue weighted by Gasteiger charge is -2.09. The Bertz CT molecular complexity index is 981. The average Bonchev–Trinajstić information content (AvgIpc) is 3.06. The van der Waals surface area contributed by atoms with Gasteiger partial charge in [0, 0.05) is 5.39 Å². The van der Waals surface area contributed by atoms with E-state index in [9.17, 15) is 9.59 Å². The van der Waals surface area contributed by atoms with Crippen LogP contribution in [-0.2, 0) is 4.79 Å². The number of halogens is 1. The normalized spacial score (nSPS) is 10.6. The number of carbonyl (C=O) groups excluding carboxylic acids is 2. The number of hydrogen-bond donors (Lipinski definition) is 2. The van der Waals surface area contributed by atoms with E-state index in [4.69, 9.17) is 9.15 Å². The number of hydrazine groups is 1. The van der Waals surface area contributed by atoms with Crippen molar-refractivity contribution in [2.75, 3.05) is 6.61 Å². The molecule has 0 saturated heterocycles. The minimum Gasteiger partial charge on any atom is -0.484 e. The molecule has 2 aromatic carbocycles. The van der Waals surface area contributed by atoms with Gasteiger partial charge in [-0.2, -0.15) is 0 Å². The van der Waals surface area contributed by atoms with E-state index in [1.807, 2.05) is 44.2 Å². The Morgan fingerprint density at radius 1 is 1.08 bits per heavy atom. The standard InChI is InChI=1S/C19H17BrN2O4/c1-11-6-7-14(8-12(11)2)25-10-17(23)21-22-19(24)16-9-13-4-3-5-15(20)18(13)26-16/h3-9H,10H2,1-2H3,(H,21,23)(H,22,24). The van der Waals surface area contributed by atoms with Crippen LogP contribution in [0.3, 0.4) is 0 Å². The van der Waals surface area contributed by atoms with Crippen LogP contribution in [0.15, 0.2) is 51.4 Å². The molecule has 6 nitrogen and oxygen atoms in total. The summed E-state index contributed by atoms with van der Waals surface area (Å²) in [6.45, 7) is 3.75. The number of fused-ring (bicyclic) bond motifs is 1. The zero-order valence-corrected chi connectivity index (χ0v) is 15.8. The fraction of sp³-hybridized carbons (Fsp3) is 0.158. The Labute approximate surface area is 158 Å². The highest BCUT2D eigenvalue weighted by atomic mass is 79.9. The molecule has 0 aliphatic carbocycles. The van der Waals surface area contributed by atoms with Gasteiger partial charge in [-0.05, 0) is 65.2 Å². The summed E-state index contributed by atoms with van der Waals surface area (Å²) in [7, 11) is 0. The largest absolute Gasteiger partial charge is 0.484 e. The molecule has 0 bridgehead atoms. The number of para-hydroxylation sites is 1. The van der Waals surface area contributed by atoms with Crippen molar-refractivity contribution in [2.24, 2.45) is 0 Å². The fourth-order valence-corrected chi connectivity index (χ4v) is 2.78. The van der Waals surface area contributed by atoms with Crippen LogP contribution in [0.1, 0.15) is 21.7 Å². The maximum absolute atomic E-state index is 12.1. The number of aryl methyl sites for hydroxylation is 2. The third-order valence-corrected chi connectivity index (χ3v) is 4.51. The SMILES string of the molecule is Cc1ccc(OCC(=O)NNC(=O)c2cc3cccc(Br)c3o2)cc1C. The van der Waals surface area contributed by atoms with Crippen molar-refractivity contribution in [3.05, 3.63) is 63.8 Å². The van der Waals surface area contributed by atoms with Gasteiger partial charge >= 0.3 is 5.91 Å². The van der Waals surface area contributed by atoms with Crippen LogP contribution < -0.4 is 15.6 Å². The number of amides is 2. The van der Waals surface area contributed by atoms with Crippen molar-refractivity contribution in [1.82, 2.24) is 10.9 Å². The minimum atomic E-state index is -0.548. The second kappa shape index (κ2) is 7.61. The summed E-state index contributed by atoms with van der Waals surface area (Å²) in [5.74, 6) is -0.333. The molecule has 134 valence electrons. The number of nitrogens with one attached hydrogen (secondary N) is 2. The molecule has 0 aliphatic rings. The molecular weight excluding hydrogens is 400 g/mol. The summed E-state index contributed by atoms with van der Waals surface area (Å²) in [4.78, 5) is 24.0. The van der Waals surface area contributed by atoms with E-state index >= 15 is 0 Å². The second-order valence-corrected chi connectivity index (χ2v) is 6.66. The first-order chi connectivity index (χ1) is 12.4. The molecule has 0 spiro atoms. The molecule has 0 atom stereocenters. The number of ether oxygens (including phenoxy) is 1. The molecule has 0 saturated carbocycles. The van der Waals surface area contributed by atoms with Crippen molar-refractivity contribution in [2.45, 2.75) is 13.8 Å². The van der Waals surface area contributed by atoms with Gasteiger partial charge in [-0.25, -0.2) is 0 Å². The van der Waals surface area contributed by atoms with Gasteiger partial charge in [0.25, 0.3) is 5.91 Å². The molecule has 0 unspecified atom stereocenters. The maximum Gasteiger partial charge on any atom is 0.305 e. The lowest BCUT2D eigenvalue weighted by Crippen LogP contribution is -2.43. The van der Waals surface area contributed by atoms with Gasteiger partial charge < -0.3 is 9.15 Å². The topological polar surface area (TPSA) is 80.6 Å². The summed E-state index contributed by atoms with van der Waals surface area (Å²) in [6, 6.07) is 12.7. The number of carbonyl (C=O) groups is 2. The minimum absolute atomic E-state index is 0.0993. The summed E-state index contributed by atoms with van der Waals surface area (Å²) >= 11 is 3.36. The average molecular weight is 417 g/mol. The van der Waals surface area contributed by atoms with Crippen molar-refractivity contribution in [3.8, 4) is 5.75 Å². The van der Waals surface area contributed by atoms with Gasteiger partial charge in [-0.1, -0.05) is 18.2 Å². The molecule has 2 amide bonds. The Balaban J connectivity index is 1.54. The van der Waals surface area contributed by atoms with Crippen molar-refractivity contribution in [3.63, 3.8) is 0 Å². The number of hydrogen-bond acceptors (Lipinski definition) is 4. The first-order valence-electron chi connectivity index (χ1n) is 7.91. The van der Waals surface area contributed by atoms with E-state index in [0.29, 0.717) is 11.3 Å². The Hall–Kier alpha value is -2.80. The lowest BCUT2D eigenvalue weighted by molar-refractivity contribution is -0.123. The molecule has 0 radical (unpaired) electrons. The van der Waals surface area contributed by atoms with Crippen LogP contribution in [0, 0.1) is 13.8 Å². The third-order valence-electron chi connectivity index (χ3n) is 3.88. The smallest absolute Gasteiger partial charge is 0.305 e. The van der Waals surface area contributed by atoms with Crippen LogP contribution in [0.2, 0.25) is 0 Å². The van der Waals surface area contributed by atoms with Gasteiger partial charge in [-0.3, -0.25) is 20.4 Å².